The van der Waals surface area contributed by atoms with E-state index in [0.29, 0.717) is 34.8 Å². The zero-order chi connectivity index (χ0) is 32.4. The predicted molar refractivity (Wildman–Crippen MR) is 158 cm³/mol. The Hall–Kier alpha value is -4.04. The molecule has 1 aromatic heterocycles. The number of methoxy groups -OCH3 is 1. The smallest absolute Gasteiger partial charge is 0.416 e. The van der Waals surface area contributed by atoms with Crippen molar-refractivity contribution in [1.29, 1.82) is 0 Å². The molecule has 2 aromatic carbocycles. The number of halogens is 6. The molecule has 2 aliphatic rings. The van der Waals surface area contributed by atoms with Crippen LogP contribution in [-0.4, -0.2) is 59.1 Å². The third-order valence-corrected chi connectivity index (χ3v) is 8.40. The molecule has 5 rings (SSSR count). The number of alkyl halides is 6. The number of carbonyl (C=O) groups excluding carboxylic acids is 1. The number of piperazine rings is 1. The van der Waals surface area contributed by atoms with E-state index < -0.39 is 35.6 Å². The fraction of sp³-hybridized carbons (Fsp3) is 0.323. The topological polar surface area (TPSA) is 67.3 Å². The average Bonchev–Trinajstić information content (AvgIpc) is 3.36. The number of amides is 1. The standard InChI is InChI=1S/C31H28F6N4O3S/c1-19-4-3-9-38-24(19)17-40-10-12-41(13-11-40)29-39-28(42)27(45-29)15-20-5-8-25(26(14-20)43-2)44-18-21-6-7-22(30(32,33)34)16-23(21)31(35,36)37/h3-9,14-16H,10-13,17-18H2,1-2H3. The van der Waals surface area contributed by atoms with Gasteiger partial charge in [-0.2, -0.15) is 31.3 Å². The largest absolute Gasteiger partial charge is 0.493 e. The number of hydrogen-bond acceptors (Lipinski definition) is 7. The van der Waals surface area contributed by atoms with Gasteiger partial charge in [-0.3, -0.25) is 14.7 Å². The lowest BCUT2D eigenvalue weighted by Gasteiger charge is -2.35. The molecule has 0 N–H and O–H groups in total. The van der Waals surface area contributed by atoms with Crippen molar-refractivity contribution in [2.45, 2.75) is 32.4 Å². The zero-order valence-electron chi connectivity index (χ0n) is 24.2. The van der Waals surface area contributed by atoms with E-state index in [9.17, 15) is 31.1 Å². The van der Waals surface area contributed by atoms with E-state index in [0.717, 1.165) is 37.0 Å². The van der Waals surface area contributed by atoms with Gasteiger partial charge < -0.3 is 14.4 Å². The van der Waals surface area contributed by atoms with Crippen molar-refractivity contribution in [3.05, 3.63) is 93.1 Å². The molecule has 45 heavy (non-hydrogen) atoms. The maximum atomic E-state index is 13.5. The molecule has 238 valence electrons. The summed E-state index contributed by atoms with van der Waals surface area (Å²) in [7, 11) is 1.34. The number of amidine groups is 1. The number of carbonyl (C=O) groups is 1. The molecule has 1 amide bonds. The van der Waals surface area contributed by atoms with Crippen molar-refractivity contribution in [3.8, 4) is 11.5 Å². The van der Waals surface area contributed by atoms with Crippen molar-refractivity contribution in [3.63, 3.8) is 0 Å². The van der Waals surface area contributed by atoms with E-state index in [-0.39, 0.29) is 23.5 Å². The fourth-order valence-corrected chi connectivity index (χ4v) is 5.83. The number of pyridine rings is 1. The van der Waals surface area contributed by atoms with Gasteiger partial charge in [0.05, 0.1) is 28.8 Å². The molecule has 3 aromatic rings. The number of nitrogens with zero attached hydrogens (tertiary/aromatic N) is 4. The number of rotatable bonds is 7. The van der Waals surface area contributed by atoms with E-state index in [1.165, 1.54) is 24.9 Å². The Bertz CT molecular complexity index is 1630. The summed E-state index contributed by atoms with van der Waals surface area (Å²) in [6, 6.07) is 9.94. The van der Waals surface area contributed by atoms with Crippen LogP contribution < -0.4 is 9.47 Å². The summed E-state index contributed by atoms with van der Waals surface area (Å²) >= 11 is 1.26. The first-order valence-corrected chi connectivity index (χ1v) is 14.6. The lowest BCUT2D eigenvalue weighted by atomic mass is 10.0. The van der Waals surface area contributed by atoms with Crippen LogP contribution in [0.3, 0.4) is 0 Å². The van der Waals surface area contributed by atoms with Gasteiger partial charge in [0.1, 0.15) is 6.61 Å². The summed E-state index contributed by atoms with van der Waals surface area (Å²) < 4.78 is 90.4. The van der Waals surface area contributed by atoms with Gasteiger partial charge in [0, 0.05) is 44.5 Å². The Kier molecular flexibility index (Phi) is 9.44. The molecule has 7 nitrogen and oxygen atoms in total. The number of aliphatic imine (C=N–C) groups is 1. The van der Waals surface area contributed by atoms with Crippen LogP contribution in [-0.2, 0) is 30.3 Å². The molecule has 2 aliphatic heterocycles. The number of aromatic nitrogens is 1. The Morgan fingerprint density at radius 1 is 0.956 bits per heavy atom. The minimum atomic E-state index is -5.02. The van der Waals surface area contributed by atoms with Crippen LogP contribution >= 0.6 is 11.8 Å². The van der Waals surface area contributed by atoms with Gasteiger partial charge in [0.25, 0.3) is 5.91 Å². The second-order valence-electron chi connectivity index (χ2n) is 10.4. The van der Waals surface area contributed by atoms with Gasteiger partial charge in [-0.1, -0.05) is 18.2 Å². The molecule has 1 saturated heterocycles. The number of ether oxygens (including phenoxy) is 2. The van der Waals surface area contributed by atoms with Crippen LogP contribution in [0.25, 0.3) is 6.08 Å². The van der Waals surface area contributed by atoms with Crippen LogP contribution in [0.2, 0.25) is 0 Å². The van der Waals surface area contributed by atoms with Crippen LogP contribution in [0.15, 0.2) is 64.6 Å². The summed E-state index contributed by atoms with van der Waals surface area (Å²) in [4.78, 5) is 26.2. The Balaban J connectivity index is 1.22. The highest BCUT2D eigenvalue weighted by Gasteiger charge is 2.38. The van der Waals surface area contributed by atoms with Gasteiger partial charge in [-0.05, 0) is 66.2 Å². The van der Waals surface area contributed by atoms with Crippen LogP contribution in [0, 0.1) is 6.92 Å². The third-order valence-electron chi connectivity index (χ3n) is 7.35. The van der Waals surface area contributed by atoms with E-state index >= 15 is 0 Å². The predicted octanol–water partition coefficient (Wildman–Crippen LogP) is 6.80. The van der Waals surface area contributed by atoms with Crippen LogP contribution in [0.5, 0.6) is 11.5 Å². The van der Waals surface area contributed by atoms with Crippen molar-refractivity contribution >= 4 is 28.9 Å². The van der Waals surface area contributed by atoms with Gasteiger partial charge >= 0.3 is 12.4 Å². The molecule has 1 fully saturated rings. The van der Waals surface area contributed by atoms with Crippen molar-refractivity contribution in [2.75, 3.05) is 33.3 Å². The molecule has 0 bridgehead atoms. The van der Waals surface area contributed by atoms with Gasteiger partial charge in [0.15, 0.2) is 16.7 Å². The first kappa shape index (κ1) is 32.4. The number of hydrogen-bond donors (Lipinski definition) is 0. The Morgan fingerprint density at radius 2 is 1.71 bits per heavy atom. The summed E-state index contributed by atoms with van der Waals surface area (Å²) in [6.07, 6.45) is -6.52. The van der Waals surface area contributed by atoms with Crippen LogP contribution in [0.4, 0.5) is 26.3 Å². The minimum absolute atomic E-state index is 0.0702. The van der Waals surface area contributed by atoms with Gasteiger partial charge in [-0.25, -0.2) is 0 Å². The summed E-state index contributed by atoms with van der Waals surface area (Å²) in [6.45, 7) is 5.12. The Morgan fingerprint density at radius 3 is 2.38 bits per heavy atom. The summed E-state index contributed by atoms with van der Waals surface area (Å²) in [5.74, 6) is -0.141. The van der Waals surface area contributed by atoms with E-state index in [1.54, 1.807) is 24.4 Å². The van der Waals surface area contributed by atoms with Crippen molar-refractivity contribution in [2.24, 2.45) is 4.99 Å². The number of benzene rings is 2. The highest BCUT2D eigenvalue weighted by molar-refractivity contribution is 8.18. The quantitative estimate of drug-likeness (QED) is 0.206. The second kappa shape index (κ2) is 13.1. The SMILES string of the molecule is COc1cc(C=C2SC(N3CCN(Cc4ncccc4C)CC3)=NC2=O)ccc1OCc1ccc(C(F)(F)F)cc1C(F)(F)F. The normalized spacial score (nSPS) is 17.2. The molecular formula is C31H28F6N4O3S. The number of thioether (sulfide) groups is 1. The Labute approximate surface area is 259 Å². The van der Waals surface area contributed by atoms with E-state index in [1.807, 2.05) is 19.1 Å². The molecule has 0 radical (unpaired) electrons. The van der Waals surface area contributed by atoms with E-state index in [2.05, 4.69) is 19.8 Å². The number of aryl methyl sites for hydroxylation is 1. The highest BCUT2D eigenvalue weighted by atomic mass is 32.2. The molecule has 0 saturated carbocycles. The fourth-order valence-electron chi connectivity index (χ4n) is 4.87. The highest BCUT2D eigenvalue weighted by Crippen LogP contribution is 2.39. The summed E-state index contributed by atoms with van der Waals surface area (Å²) in [5.41, 5.74) is -0.562. The minimum Gasteiger partial charge on any atom is -0.493 e. The molecule has 0 unspecified atom stereocenters. The third kappa shape index (κ3) is 7.79. The average molecular weight is 651 g/mol. The lowest BCUT2D eigenvalue weighted by Crippen LogP contribution is -2.47. The molecule has 14 heteroatoms. The summed E-state index contributed by atoms with van der Waals surface area (Å²) in [5, 5.41) is 0.615. The molecule has 3 heterocycles. The van der Waals surface area contributed by atoms with Crippen molar-refractivity contribution < 1.29 is 40.6 Å². The molecule has 0 spiro atoms. The second-order valence-corrected chi connectivity index (χ2v) is 11.4. The first-order valence-electron chi connectivity index (χ1n) is 13.8. The molecule has 0 atom stereocenters. The lowest BCUT2D eigenvalue weighted by molar-refractivity contribution is -0.143. The monoisotopic (exact) mass is 650 g/mol. The maximum absolute atomic E-state index is 13.5. The first-order chi connectivity index (χ1) is 21.3. The van der Waals surface area contributed by atoms with Crippen LogP contribution in [0.1, 0.15) is 33.5 Å². The molecular weight excluding hydrogens is 622 g/mol. The van der Waals surface area contributed by atoms with Crippen molar-refractivity contribution in [1.82, 2.24) is 14.8 Å². The van der Waals surface area contributed by atoms with Gasteiger partial charge in [-0.15, -0.1) is 0 Å². The van der Waals surface area contributed by atoms with E-state index in [4.69, 9.17) is 9.47 Å². The van der Waals surface area contributed by atoms with Gasteiger partial charge in [0.2, 0.25) is 0 Å². The zero-order valence-corrected chi connectivity index (χ0v) is 25.0. The molecule has 0 aliphatic carbocycles. The maximum Gasteiger partial charge on any atom is 0.416 e.